The number of carbonyl (C=O) groups is 1. The third-order valence-electron chi connectivity index (χ3n) is 3.83. The van der Waals surface area contributed by atoms with E-state index in [0.29, 0.717) is 19.0 Å². The minimum Gasteiger partial charge on any atom is -0.353 e. The lowest BCUT2D eigenvalue weighted by atomic mass is 10.2. The highest BCUT2D eigenvalue weighted by Crippen LogP contribution is 2.05. The SMILES string of the molecule is CC[C@H](N)C(=O)NCC(C)N1CCN(CC)CC1. The summed E-state index contributed by atoms with van der Waals surface area (Å²) in [6, 6.07) is 0.0196. The number of nitrogens with zero attached hydrogens (tertiary/aromatic N) is 2. The van der Waals surface area contributed by atoms with Gasteiger partial charge in [0.15, 0.2) is 0 Å². The monoisotopic (exact) mass is 256 g/mol. The van der Waals surface area contributed by atoms with Gasteiger partial charge in [-0.05, 0) is 19.9 Å². The lowest BCUT2D eigenvalue weighted by Gasteiger charge is -2.37. The first-order valence-electron chi connectivity index (χ1n) is 7.08. The summed E-state index contributed by atoms with van der Waals surface area (Å²) in [6.45, 7) is 12.5. The number of likely N-dealkylation sites (N-methyl/N-ethyl adjacent to an activating group) is 1. The lowest BCUT2D eigenvalue weighted by Crippen LogP contribution is -2.53. The minimum atomic E-state index is -0.367. The molecule has 5 heteroatoms. The highest BCUT2D eigenvalue weighted by atomic mass is 16.2. The van der Waals surface area contributed by atoms with Gasteiger partial charge in [0.25, 0.3) is 0 Å². The molecule has 1 unspecified atom stereocenters. The first kappa shape index (κ1) is 15.4. The fourth-order valence-corrected chi connectivity index (χ4v) is 2.21. The molecule has 5 nitrogen and oxygen atoms in total. The van der Waals surface area contributed by atoms with Crippen molar-refractivity contribution in [2.45, 2.75) is 39.3 Å². The van der Waals surface area contributed by atoms with Crippen LogP contribution >= 0.6 is 0 Å². The summed E-state index contributed by atoms with van der Waals surface area (Å²) in [6.07, 6.45) is 0.690. The van der Waals surface area contributed by atoms with Crippen molar-refractivity contribution >= 4 is 5.91 Å². The Morgan fingerprint density at radius 1 is 1.28 bits per heavy atom. The molecule has 0 bridgehead atoms. The Balaban J connectivity index is 2.25. The van der Waals surface area contributed by atoms with Crippen molar-refractivity contribution in [3.05, 3.63) is 0 Å². The van der Waals surface area contributed by atoms with E-state index in [1.54, 1.807) is 0 Å². The van der Waals surface area contributed by atoms with Gasteiger partial charge in [-0.15, -0.1) is 0 Å². The maximum atomic E-state index is 11.6. The summed E-state index contributed by atoms with van der Waals surface area (Å²) in [7, 11) is 0. The molecule has 0 saturated carbocycles. The molecule has 0 aromatic rings. The molecule has 1 aliphatic rings. The number of hydrogen-bond donors (Lipinski definition) is 2. The molecule has 0 radical (unpaired) electrons. The highest BCUT2D eigenvalue weighted by Gasteiger charge is 2.21. The molecule has 0 aromatic carbocycles. The van der Waals surface area contributed by atoms with Crippen molar-refractivity contribution in [3.63, 3.8) is 0 Å². The van der Waals surface area contributed by atoms with Gasteiger partial charge < -0.3 is 16.0 Å². The molecule has 0 aliphatic carbocycles. The minimum absolute atomic E-state index is 0.0310. The molecule has 1 saturated heterocycles. The van der Waals surface area contributed by atoms with E-state index < -0.39 is 0 Å². The average Bonchev–Trinajstić information content (AvgIpc) is 2.43. The van der Waals surface area contributed by atoms with Gasteiger partial charge in [0.05, 0.1) is 6.04 Å². The van der Waals surface area contributed by atoms with E-state index in [9.17, 15) is 4.79 Å². The Morgan fingerprint density at radius 3 is 2.39 bits per heavy atom. The second-order valence-electron chi connectivity index (χ2n) is 5.08. The van der Waals surface area contributed by atoms with Crippen LogP contribution < -0.4 is 11.1 Å². The van der Waals surface area contributed by atoms with Crippen molar-refractivity contribution in [2.24, 2.45) is 5.73 Å². The third-order valence-corrected chi connectivity index (χ3v) is 3.83. The summed E-state index contributed by atoms with van der Waals surface area (Å²) >= 11 is 0. The molecule has 1 aliphatic heterocycles. The summed E-state index contributed by atoms with van der Waals surface area (Å²) in [5.41, 5.74) is 5.69. The van der Waals surface area contributed by atoms with Crippen LogP contribution in [0.25, 0.3) is 0 Å². The number of hydrogen-bond acceptors (Lipinski definition) is 4. The second-order valence-corrected chi connectivity index (χ2v) is 5.08. The molecular weight excluding hydrogens is 228 g/mol. The average molecular weight is 256 g/mol. The summed E-state index contributed by atoms with van der Waals surface area (Å²) < 4.78 is 0. The Hall–Kier alpha value is -0.650. The smallest absolute Gasteiger partial charge is 0.236 e. The summed E-state index contributed by atoms with van der Waals surface area (Å²) in [5.74, 6) is -0.0310. The lowest BCUT2D eigenvalue weighted by molar-refractivity contribution is -0.122. The van der Waals surface area contributed by atoms with E-state index >= 15 is 0 Å². The van der Waals surface area contributed by atoms with Crippen LogP contribution in [0.4, 0.5) is 0 Å². The fourth-order valence-electron chi connectivity index (χ4n) is 2.21. The zero-order valence-electron chi connectivity index (χ0n) is 12.0. The number of nitrogens with two attached hydrogens (primary N) is 1. The van der Waals surface area contributed by atoms with Crippen LogP contribution in [0.3, 0.4) is 0 Å². The molecular formula is C13H28N4O. The van der Waals surface area contributed by atoms with Crippen molar-refractivity contribution in [2.75, 3.05) is 39.3 Å². The van der Waals surface area contributed by atoms with Crippen LogP contribution in [0.2, 0.25) is 0 Å². The molecule has 1 amide bonds. The van der Waals surface area contributed by atoms with Crippen molar-refractivity contribution in [3.8, 4) is 0 Å². The summed E-state index contributed by atoms with van der Waals surface area (Å²) in [4.78, 5) is 16.5. The number of nitrogens with one attached hydrogen (secondary N) is 1. The molecule has 1 rings (SSSR count). The quantitative estimate of drug-likeness (QED) is 0.695. The Labute approximate surface area is 111 Å². The van der Waals surface area contributed by atoms with E-state index in [1.165, 1.54) is 0 Å². The largest absolute Gasteiger partial charge is 0.353 e. The summed E-state index contributed by atoms with van der Waals surface area (Å²) in [5, 5.41) is 2.94. The molecule has 2 atom stereocenters. The van der Waals surface area contributed by atoms with Gasteiger partial charge in [-0.2, -0.15) is 0 Å². The van der Waals surface area contributed by atoms with E-state index in [0.717, 1.165) is 32.7 Å². The number of carbonyl (C=O) groups excluding carboxylic acids is 1. The molecule has 0 spiro atoms. The fraction of sp³-hybridized carbons (Fsp3) is 0.923. The number of piperazine rings is 1. The van der Waals surface area contributed by atoms with E-state index in [-0.39, 0.29) is 11.9 Å². The van der Waals surface area contributed by atoms with E-state index in [4.69, 9.17) is 5.73 Å². The molecule has 3 N–H and O–H groups in total. The van der Waals surface area contributed by atoms with Crippen LogP contribution in [0.15, 0.2) is 0 Å². The molecule has 0 aromatic heterocycles. The molecule has 1 heterocycles. The molecule has 106 valence electrons. The Morgan fingerprint density at radius 2 is 1.89 bits per heavy atom. The predicted octanol–water partition coefficient (Wildman–Crippen LogP) is -0.134. The second kappa shape index (κ2) is 7.71. The van der Waals surface area contributed by atoms with Gasteiger partial charge in [0.2, 0.25) is 5.91 Å². The van der Waals surface area contributed by atoms with Gasteiger partial charge in [-0.1, -0.05) is 13.8 Å². The normalized spacial score (nSPS) is 21.6. The van der Waals surface area contributed by atoms with Crippen molar-refractivity contribution < 1.29 is 4.79 Å². The first-order chi connectivity index (χ1) is 8.58. The predicted molar refractivity (Wildman–Crippen MR) is 74.4 cm³/mol. The Bertz CT molecular complexity index is 251. The van der Waals surface area contributed by atoms with Crippen LogP contribution in [0.1, 0.15) is 27.2 Å². The maximum Gasteiger partial charge on any atom is 0.236 e. The zero-order valence-corrected chi connectivity index (χ0v) is 12.0. The van der Waals surface area contributed by atoms with Crippen LogP contribution in [-0.2, 0) is 4.79 Å². The van der Waals surface area contributed by atoms with Gasteiger partial charge in [0.1, 0.15) is 0 Å². The molecule has 1 fully saturated rings. The molecule has 18 heavy (non-hydrogen) atoms. The standard InChI is InChI=1S/C13H28N4O/c1-4-12(14)13(18)15-10-11(3)17-8-6-16(5-2)7-9-17/h11-12H,4-10,14H2,1-3H3,(H,15,18)/t11?,12-/m0/s1. The number of amides is 1. The van der Waals surface area contributed by atoms with Crippen molar-refractivity contribution in [1.82, 2.24) is 15.1 Å². The maximum absolute atomic E-state index is 11.6. The van der Waals surface area contributed by atoms with E-state index in [2.05, 4.69) is 29.0 Å². The van der Waals surface area contributed by atoms with Crippen LogP contribution in [0.5, 0.6) is 0 Å². The first-order valence-corrected chi connectivity index (χ1v) is 7.08. The van der Waals surface area contributed by atoms with Crippen LogP contribution in [0, 0.1) is 0 Å². The van der Waals surface area contributed by atoms with E-state index in [1.807, 2.05) is 6.92 Å². The van der Waals surface area contributed by atoms with Gasteiger partial charge >= 0.3 is 0 Å². The van der Waals surface area contributed by atoms with Gasteiger partial charge in [-0.25, -0.2) is 0 Å². The highest BCUT2D eigenvalue weighted by molar-refractivity contribution is 5.81. The zero-order chi connectivity index (χ0) is 13.5. The van der Waals surface area contributed by atoms with Gasteiger partial charge in [0, 0.05) is 38.8 Å². The van der Waals surface area contributed by atoms with Crippen LogP contribution in [-0.4, -0.2) is 67.1 Å². The third kappa shape index (κ3) is 4.55. The topological polar surface area (TPSA) is 61.6 Å². The number of rotatable bonds is 6. The van der Waals surface area contributed by atoms with Gasteiger partial charge in [-0.3, -0.25) is 9.69 Å². The van der Waals surface area contributed by atoms with Crippen molar-refractivity contribution in [1.29, 1.82) is 0 Å². The Kier molecular flexibility index (Phi) is 6.60.